The smallest absolute Gasteiger partial charge is 0.303 e. The Morgan fingerprint density at radius 2 is 1.84 bits per heavy atom. The second-order valence-corrected chi connectivity index (χ2v) is 10.0. The highest BCUT2D eigenvalue weighted by molar-refractivity contribution is 7.91. The SMILES string of the molecule is CC(=O)O[C@@H]1CCCc2c1n([C@@H](C)c1ccc(F)cc1)c1c(S(C)(=O)=O)cc(F)cc21. The van der Waals surface area contributed by atoms with Crippen LogP contribution in [0.2, 0.25) is 0 Å². The number of rotatable bonds is 4. The molecular formula is C23H23F2NO4S. The Hall–Kier alpha value is -2.74. The number of carbonyl (C=O) groups is 1. The summed E-state index contributed by atoms with van der Waals surface area (Å²) in [6.07, 6.45) is 2.38. The molecule has 5 nitrogen and oxygen atoms in total. The van der Waals surface area contributed by atoms with E-state index in [9.17, 15) is 22.0 Å². The van der Waals surface area contributed by atoms with Crippen molar-refractivity contribution in [3.8, 4) is 0 Å². The van der Waals surface area contributed by atoms with Crippen molar-refractivity contribution in [2.24, 2.45) is 0 Å². The second-order valence-electron chi connectivity index (χ2n) is 8.02. The molecule has 2 aromatic carbocycles. The van der Waals surface area contributed by atoms with Crippen molar-refractivity contribution in [3.63, 3.8) is 0 Å². The number of benzene rings is 2. The highest BCUT2D eigenvalue weighted by atomic mass is 32.2. The van der Waals surface area contributed by atoms with Crippen molar-refractivity contribution >= 4 is 26.7 Å². The molecule has 0 bridgehead atoms. The predicted octanol–water partition coefficient (Wildman–Crippen LogP) is 4.87. The largest absolute Gasteiger partial charge is 0.456 e. The standard InChI is InChI=1S/C23H23F2NO4S/c1-13(15-7-9-16(24)10-8-15)26-22-18(5-4-6-20(22)30-14(2)27)19-11-17(25)12-21(23(19)26)31(3,28)29/h7-13,20H,4-6H2,1-3H3/t13-,20+/m0/s1. The fourth-order valence-corrected chi connectivity index (χ4v) is 5.45. The number of fused-ring (bicyclic) bond motifs is 3. The first-order valence-corrected chi connectivity index (χ1v) is 12.0. The first-order valence-electron chi connectivity index (χ1n) is 10.1. The van der Waals surface area contributed by atoms with E-state index in [-0.39, 0.29) is 10.7 Å². The Labute approximate surface area is 179 Å². The van der Waals surface area contributed by atoms with Gasteiger partial charge in [0.05, 0.1) is 22.1 Å². The van der Waals surface area contributed by atoms with Crippen LogP contribution in [0.15, 0.2) is 41.3 Å². The molecule has 0 saturated carbocycles. The van der Waals surface area contributed by atoms with Crippen LogP contribution in [0.5, 0.6) is 0 Å². The van der Waals surface area contributed by atoms with E-state index in [0.29, 0.717) is 29.4 Å². The molecule has 0 radical (unpaired) electrons. The van der Waals surface area contributed by atoms with Crippen LogP contribution in [0.25, 0.3) is 10.9 Å². The molecule has 0 saturated heterocycles. The molecule has 0 unspecified atom stereocenters. The minimum Gasteiger partial charge on any atom is -0.456 e. The maximum atomic E-state index is 14.5. The maximum Gasteiger partial charge on any atom is 0.303 e. The Morgan fingerprint density at radius 3 is 2.45 bits per heavy atom. The highest BCUT2D eigenvalue weighted by Gasteiger charge is 2.34. The Kier molecular flexibility index (Phi) is 5.37. The third-order valence-corrected chi connectivity index (χ3v) is 6.93. The van der Waals surface area contributed by atoms with Gasteiger partial charge in [0.1, 0.15) is 17.7 Å². The molecule has 8 heteroatoms. The van der Waals surface area contributed by atoms with Gasteiger partial charge in [-0.05, 0) is 61.6 Å². The quantitative estimate of drug-likeness (QED) is 0.535. The van der Waals surface area contributed by atoms with E-state index in [0.717, 1.165) is 29.9 Å². The van der Waals surface area contributed by atoms with E-state index in [1.54, 1.807) is 12.1 Å². The average molecular weight is 448 g/mol. The first kappa shape index (κ1) is 21.5. The van der Waals surface area contributed by atoms with E-state index >= 15 is 0 Å². The van der Waals surface area contributed by atoms with Crippen molar-refractivity contribution in [3.05, 3.63) is 64.9 Å². The molecule has 0 aliphatic heterocycles. The van der Waals surface area contributed by atoms with E-state index < -0.39 is 33.8 Å². The number of halogens is 2. The van der Waals surface area contributed by atoms with Gasteiger partial charge in [0.15, 0.2) is 9.84 Å². The predicted molar refractivity (Wildman–Crippen MR) is 113 cm³/mol. The van der Waals surface area contributed by atoms with E-state index in [4.69, 9.17) is 4.74 Å². The van der Waals surface area contributed by atoms with Crippen LogP contribution < -0.4 is 0 Å². The minimum absolute atomic E-state index is 0.118. The molecule has 164 valence electrons. The van der Waals surface area contributed by atoms with E-state index in [1.807, 2.05) is 11.5 Å². The van der Waals surface area contributed by atoms with Crippen LogP contribution in [0.4, 0.5) is 8.78 Å². The Bertz CT molecular complexity index is 1280. The lowest BCUT2D eigenvalue weighted by Gasteiger charge is -2.28. The zero-order chi connectivity index (χ0) is 22.5. The lowest BCUT2D eigenvalue weighted by molar-refractivity contribution is -0.147. The molecule has 1 aromatic heterocycles. The summed E-state index contributed by atoms with van der Waals surface area (Å²) in [6.45, 7) is 3.19. The summed E-state index contributed by atoms with van der Waals surface area (Å²) in [5, 5.41) is 0.501. The average Bonchev–Trinajstić information content (AvgIpc) is 3.01. The molecule has 1 aliphatic carbocycles. The summed E-state index contributed by atoms with van der Waals surface area (Å²) in [5.41, 5.74) is 2.58. The number of ether oxygens (including phenoxy) is 1. The van der Waals surface area contributed by atoms with Gasteiger partial charge in [-0.15, -0.1) is 0 Å². The Morgan fingerprint density at radius 1 is 1.16 bits per heavy atom. The number of carbonyl (C=O) groups excluding carboxylic acids is 1. The van der Waals surface area contributed by atoms with Crippen molar-refractivity contribution in [1.82, 2.24) is 4.57 Å². The zero-order valence-electron chi connectivity index (χ0n) is 17.5. The molecular weight excluding hydrogens is 424 g/mol. The van der Waals surface area contributed by atoms with Crippen molar-refractivity contribution < 1.29 is 26.7 Å². The molecule has 31 heavy (non-hydrogen) atoms. The number of aryl methyl sites for hydroxylation is 1. The number of hydrogen-bond donors (Lipinski definition) is 0. The van der Waals surface area contributed by atoms with Gasteiger partial charge in [-0.25, -0.2) is 17.2 Å². The van der Waals surface area contributed by atoms with Gasteiger partial charge in [-0.1, -0.05) is 12.1 Å². The number of hydrogen-bond acceptors (Lipinski definition) is 4. The molecule has 1 aliphatic rings. The van der Waals surface area contributed by atoms with Gasteiger partial charge < -0.3 is 9.30 Å². The van der Waals surface area contributed by atoms with E-state index in [2.05, 4.69) is 0 Å². The Balaban J connectivity index is 2.10. The van der Waals surface area contributed by atoms with Crippen LogP contribution in [0.3, 0.4) is 0 Å². The van der Waals surface area contributed by atoms with E-state index in [1.165, 1.54) is 25.1 Å². The summed E-state index contributed by atoms with van der Waals surface area (Å²) in [5.74, 6) is -1.47. The van der Waals surface area contributed by atoms with Gasteiger partial charge in [0.25, 0.3) is 0 Å². The van der Waals surface area contributed by atoms with Gasteiger partial charge in [0.2, 0.25) is 0 Å². The molecule has 0 amide bonds. The van der Waals surface area contributed by atoms with Gasteiger partial charge >= 0.3 is 5.97 Å². The number of nitrogens with zero attached hydrogens (tertiary/aromatic N) is 1. The fourth-order valence-electron chi connectivity index (χ4n) is 4.56. The summed E-state index contributed by atoms with van der Waals surface area (Å²) < 4.78 is 60.6. The normalized spacial score (nSPS) is 17.4. The lowest BCUT2D eigenvalue weighted by Crippen LogP contribution is -2.21. The first-order chi connectivity index (χ1) is 14.6. The summed E-state index contributed by atoms with van der Waals surface area (Å²) >= 11 is 0. The molecule has 2 atom stereocenters. The van der Waals surface area contributed by atoms with Crippen LogP contribution in [-0.2, 0) is 25.8 Å². The highest BCUT2D eigenvalue weighted by Crippen LogP contribution is 2.44. The van der Waals surface area contributed by atoms with Crippen LogP contribution in [0.1, 0.15) is 55.7 Å². The third-order valence-electron chi connectivity index (χ3n) is 5.82. The molecule has 0 N–H and O–H groups in total. The van der Waals surface area contributed by atoms with Gasteiger partial charge in [-0.3, -0.25) is 4.79 Å². The summed E-state index contributed by atoms with van der Waals surface area (Å²) in [6, 6.07) is 7.89. The maximum absolute atomic E-state index is 14.5. The molecule has 0 fully saturated rings. The topological polar surface area (TPSA) is 65.4 Å². The third kappa shape index (κ3) is 3.84. The molecule has 4 rings (SSSR count). The lowest BCUT2D eigenvalue weighted by atomic mass is 9.93. The number of esters is 1. The fraction of sp³-hybridized carbons (Fsp3) is 0.348. The zero-order valence-corrected chi connectivity index (χ0v) is 18.3. The second kappa shape index (κ2) is 7.75. The number of aromatic nitrogens is 1. The molecule has 1 heterocycles. The monoisotopic (exact) mass is 447 g/mol. The van der Waals surface area contributed by atoms with Gasteiger partial charge in [-0.2, -0.15) is 0 Å². The van der Waals surface area contributed by atoms with Crippen molar-refractivity contribution in [2.75, 3.05) is 6.26 Å². The van der Waals surface area contributed by atoms with Crippen LogP contribution in [0, 0.1) is 11.6 Å². The summed E-state index contributed by atoms with van der Waals surface area (Å²) in [7, 11) is -3.77. The summed E-state index contributed by atoms with van der Waals surface area (Å²) in [4.78, 5) is 11.7. The van der Waals surface area contributed by atoms with Crippen molar-refractivity contribution in [1.29, 1.82) is 0 Å². The van der Waals surface area contributed by atoms with Crippen LogP contribution >= 0.6 is 0 Å². The molecule has 0 spiro atoms. The number of sulfone groups is 1. The minimum atomic E-state index is -3.77. The molecule has 3 aromatic rings. The van der Waals surface area contributed by atoms with Crippen molar-refractivity contribution in [2.45, 2.75) is 50.2 Å². The van der Waals surface area contributed by atoms with Gasteiger partial charge in [0, 0.05) is 18.6 Å². The van der Waals surface area contributed by atoms with Crippen LogP contribution in [-0.4, -0.2) is 25.2 Å².